The summed E-state index contributed by atoms with van der Waals surface area (Å²) in [6.07, 6.45) is 0.931. The average Bonchev–Trinajstić information content (AvgIpc) is 2.94. The molecule has 1 unspecified atom stereocenters. The number of amides is 1. The smallest absolute Gasteiger partial charge is 0.240 e. The standard InChI is InChI=1S/C14H20N2OS.ClH/c1-2-16(14(17)13-10-18-11-15-13)9-8-12-6-4-3-5-7-12;/h3-7,13,15H,2,8-11H2,1H3;1H. The first-order valence-electron chi connectivity index (χ1n) is 6.45. The highest BCUT2D eigenvalue weighted by Gasteiger charge is 2.26. The third kappa shape index (κ3) is 4.71. The minimum atomic E-state index is 0. The van der Waals surface area contributed by atoms with Gasteiger partial charge in [0.15, 0.2) is 0 Å². The van der Waals surface area contributed by atoms with Crippen molar-refractivity contribution in [2.75, 3.05) is 24.7 Å². The van der Waals surface area contributed by atoms with Crippen LogP contribution in [0.3, 0.4) is 0 Å². The van der Waals surface area contributed by atoms with Crippen molar-refractivity contribution in [3.63, 3.8) is 0 Å². The summed E-state index contributed by atoms with van der Waals surface area (Å²) < 4.78 is 0. The number of hydrogen-bond donors (Lipinski definition) is 1. The number of halogens is 1. The van der Waals surface area contributed by atoms with Crippen molar-refractivity contribution in [3.8, 4) is 0 Å². The molecule has 19 heavy (non-hydrogen) atoms. The highest BCUT2D eigenvalue weighted by molar-refractivity contribution is 7.99. The predicted molar refractivity (Wildman–Crippen MR) is 83.9 cm³/mol. The van der Waals surface area contributed by atoms with E-state index in [4.69, 9.17) is 0 Å². The lowest BCUT2D eigenvalue weighted by atomic mass is 10.1. The number of nitrogens with one attached hydrogen (secondary N) is 1. The number of nitrogens with zero attached hydrogens (tertiary/aromatic N) is 1. The second-order valence-electron chi connectivity index (χ2n) is 4.43. The molecular formula is C14H21ClN2OS. The summed E-state index contributed by atoms with van der Waals surface area (Å²) in [5.74, 6) is 2.05. The van der Waals surface area contributed by atoms with Gasteiger partial charge in [0, 0.05) is 24.7 Å². The maximum Gasteiger partial charge on any atom is 0.240 e. The van der Waals surface area contributed by atoms with Crippen LogP contribution in [0.1, 0.15) is 12.5 Å². The molecule has 0 aliphatic carbocycles. The zero-order valence-electron chi connectivity index (χ0n) is 11.2. The van der Waals surface area contributed by atoms with E-state index in [1.807, 2.05) is 30.0 Å². The van der Waals surface area contributed by atoms with Crippen LogP contribution in [-0.4, -0.2) is 41.6 Å². The Labute approximate surface area is 125 Å². The Morgan fingerprint density at radius 2 is 2.16 bits per heavy atom. The van der Waals surface area contributed by atoms with Crippen molar-refractivity contribution in [2.24, 2.45) is 0 Å². The van der Waals surface area contributed by atoms with Gasteiger partial charge < -0.3 is 4.90 Å². The molecule has 1 aliphatic rings. The van der Waals surface area contributed by atoms with Gasteiger partial charge in [-0.2, -0.15) is 0 Å². The summed E-state index contributed by atoms with van der Waals surface area (Å²) in [6.45, 7) is 3.64. The molecule has 106 valence electrons. The van der Waals surface area contributed by atoms with Crippen LogP contribution >= 0.6 is 24.2 Å². The lowest BCUT2D eigenvalue weighted by molar-refractivity contribution is -0.132. The van der Waals surface area contributed by atoms with Crippen molar-refractivity contribution in [1.29, 1.82) is 0 Å². The first-order chi connectivity index (χ1) is 8.81. The van der Waals surface area contributed by atoms with E-state index in [0.717, 1.165) is 31.1 Å². The molecule has 1 fully saturated rings. The second kappa shape index (κ2) is 8.46. The van der Waals surface area contributed by atoms with E-state index in [9.17, 15) is 4.79 Å². The maximum absolute atomic E-state index is 12.2. The van der Waals surface area contributed by atoms with E-state index in [1.54, 1.807) is 11.8 Å². The number of thioether (sulfide) groups is 1. The van der Waals surface area contributed by atoms with E-state index in [-0.39, 0.29) is 24.4 Å². The fraction of sp³-hybridized carbons (Fsp3) is 0.500. The van der Waals surface area contributed by atoms with Gasteiger partial charge in [-0.15, -0.1) is 24.2 Å². The Hall–Kier alpha value is -0.710. The van der Waals surface area contributed by atoms with Crippen molar-refractivity contribution in [3.05, 3.63) is 35.9 Å². The maximum atomic E-state index is 12.2. The molecule has 2 rings (SSSR count). The van der Waals surface area contributed by atoms with Crippen LogP contribution in [-0.2, 0) is 11.2 Å². The molecule has 0 aromatic heterocycles. The quantitative estimate of drug-likeness (QED) is 0.904. The summed E-state index contributed by atoms with van der Waals surface area (Å²) in [5.41, 5.74) is 1.29. The van der Waals surface area contributed by atoms with Crippen LogP contribution in [0.5, 0.6) is 0 Å². The summed E-state index contributed by atoms with van der Waals surface area (Å²) in [7, 11) is 0. The molecule has 0 saturated carbocycles. The van der Waals surface area contributed by atoms with Gasteiger partial charge in [-0.05, 0) is 18.9 Å². The fourth-order valence-corrected chi connectivity index (χ4v) is 3.04. The minimum absolute atomic E-state index is 0. The van der Waals surface area contributed by atoms with Gasteiger partial charge in [0.05, 0.1) is 6.04 Å². The summed E-state index contributed by atoms with van der Waals surface area (Å²) in [5, 5.41) is 3.24. The highest BCUT2D eigenvalue weighted by atomic mass is 35.5. The highest BCUT2D eigenvalue weighted by Crippen LogP contribution is 2.12. The zero-order valence-corrected chi connectivity index (χ0v) is 12.8. The van der Waals surface area contributed by atoms with Gasteiger partial charge >= 0.3 is 0 Å². The largest absolute Gasteiger partial charge is 0.341 e. The number of carbonyl (C=O) groups excluding carboxylic acids is 1. The summed E-state index contributed by atoms with van der Waals surface area (Å²) in [6, 6.07) is 10.4. The van der Waals surface area contributed by atoms with Crippen LogP contribution in [0.15, 0.2) is 30.3 Å². The molecule has 1 N–H and O–H groups in total. The molecule has 1 aliphatic heterocycles. The Morgan fingerprint density at radius 3 is 2.74 bits per heavy atom. The lowest BCUT2D eigenvalue weighted by Crippen LogP contribution is -2.45. The van der Waals surface area contributed by atoms with Crippen molar-refractivity contribution in [2.45, 2.75) is 19.4 Å². The summed E-state index contributed by atoms with van der Waals surface area (Å²) >= 11 is 1.79. The van der Waals surface area contributed by atoms with Crippen LogP contribution in [0, 0.1) is 0 Å². The molecule has 0 spiro atoms. The molecule has 5 heteroatoms. The van der Waals surface area contributed by atoms with Gasteiger partial charge in [0.2, 0.25) is 5.91 Å². The number of likely N-dealkylation sites (N-methyl/N-ethyl adjacent to an activating group) is 1. The van der Waals surface area contributed by atoms with E-state index in [1.165, 1.54) is 5.56 Å². The lowest BCUT2D eigenvalue weighted by Gasteiger charge is -2.24. The predicted octanol–water partition coefficient (Wildman–Crippen LogP) is 2.16. The molecular weight excluding hydrogens is 280 g/mol. The second-order valence-corrected chi connectivity index (χ2v) is 5.46. The first-order valence-corrected chi connectivity index (χ1v) is 7.60. The molecule has 1 aromatic carbocycles. The number of carbonyl (C=O) groups is 1. The number of benzene rings is 1. The molecule has 0 bridgehead atoms. The Balaban J connectivity index is 0.00000180. The molecule has 0 radical (unpaired) electrons. The fourth-order valence-electron chi connectivity index (χ4n) is 2.11. The molecule has 1 amide bonds. The first kappa shape index (κ1) is 16.3. The van der Waals surface area contributed by atoms with Gasteiger partial charge in [0.1, 0.15) is 0 Å². The van der Waals surface area contributed by atoms with Crippen LogP contribution in [0.4, 0.5) is 0 Å². The van der Waals surface area contributed by atoms with E-state index >= 15 is 0 Å². The molecule has 1 saturated heterocycles. The minimum Gasteiger partial charge on any atom is -0.341 e. The normalized spacial score (nSPS) is 17.8. The Morgan fingerprint density at radius 1 is 1.42 bits per heavy atom. The van der Waals surface area contributed by atoms with Crippen LogP contribution < -0.4 is 5.32 Å². The van der Waals surface area contributed by atoms with Crippen LogP contribution in [0.2, 0.25) is 0 Å². The van der Waals surface area contributed by atoms with Crippen molar-refractivity contribution >= 4 is 30.1 Å². The molecule has 1 aromatic rings. The van der Waals surface area contributed by atoms with Gasteiger partial charge in [0.25, 0.3) is 0 Å². The van der Waals surface area contributed by atoms with E-state index < -0.39 is 0 Å². The SMILES string of the molecule is CCN(CCc1ccccc1)C(=O)C1CSCN1.Cl. The molecule has 1 heterocycles. The Kier molecular flexibility index (Phi) is 7.28. The van der Waals surface area contributed by atoms with Gasteiger partial charge in [-0.3, -0.25) is 10.1 Å². The van der Waals surface area contributed by atoms with Gasteiger partial charge in [-0.1, -0.05) is 30.3 Å². The summed E-state index contributed by atoms with van der Waals surface area (Å²) in [4.78, 5) is 14.2. The van der Waals surface area contributed by atoms with Crippen molar-refractivity contribution in [1.82, 2.24) is 10.2 Å². The third-order valence-corrected chi connectivity index (χ3v) is 4.16. The number of hydrogen-bond acceptors (Lipinski definition) is 3. The monoisotopic (exact) mass is 300 g/mol. The van der Waals surface area contributed by atoms with Crippen LogP contribution in [0.25, 0.3) is 0 Å². The average molecular weight is 301 g/mol. The van der Waals surface area contributed by atoms with E-state index in [2.05, 4.69) is 17.4 Å². The van der Waals surface area contributed by atoms with Gasteiger partial charge in [-0.25, -0.2) is 0 Å². The number of rotatable bonds is 5. The molecule has 1 atom stereocenters. The Bertz CT molecular complexity index is 382. The van der Waals surface area contributed by atoms with Crippen molar-refractivity contribution < 1.29 is 4.79 Å². The van der Waals surface area contributed by atoms with E-state index in [0.29, 0.717) is 0 Å². The molecule has 3 nitrogen and oxygen atoms in total. The third-order valence-electron chi connectivity index (χ3n) is 3.22. The zero-order chi connectivity index (χ0) is 12.8. The topological polar surface area (TPSA) is 32.3 Å².